The van der Waals surface area contributed by atoms with Gasteiger partial charge in [0.2, 0.25) is 11.8 Å². The van der Waals surface area contributed by atoms with Crippen LogP contribution in [0.3, 0.4) is 0 Å². The second kappa shape index (κ2) is 10.0. The molecule has 0 spiro atoms. The molecule has 3 heterocycles. The van der Waals surface area contributed by atoms with E-state index in [4.69, 9.17) is 5.10 Å². The van der Waals surface area contributed by atoms with Crippen LogP contribution in [0, 0.1) is 17.6 Å². The van der Waals surface area contributed by atoms with Crippen LogP contribution in [0.5, 0.6) is 0 Å². The molecule has 1 aromatic heterocycles. The van der Waals surface area contributed by atoms with Crippen molar-refractivity contribution < 1.29 is 18.4 Å². The second-order valence-electron chi connectivity index (χ2n) is 9.48. The fourth-order valence-electron chi connectivity index (χ4n) is 4.95. The van der Waals surface area contributed by atoms with Gasteiger partial charge in [0.15, 0.2) is 0 Å². The maximum Gasteiger partial charge on any atom is 0.242 e. The van der Waals surface area contributed by atoms with Crippen molar-refractivity contribution in [2.24, 2.45) is 13.0 Å². The number of aryl methyl sites for hydroxylation is 1. The lowest BCUT2D eigenvalue weighted by atomic mass is 9.98. The molecule has 9 heteroatoms. The second-order valence-corrected chi connectivity index (χ2v) is 10.6. The Kier molecular flexibility index (Phi) is 6.83. The average Bonchev–Trinajstić information content (AvgIpc) is 3.13. The summed E-state index contributed by atoms with van der Waals surface area (Å²) in [6.45, 7) is 3.42. The molecule has 36 heavy (non-hydrogen) atoms. The van der Waals surface area contributed by atoms with Crippen molar-refractivity contribution >= 4 is 29.4 Å². The number of halogens is 2. The molecule has 1 unspecified atom stereocenters. The van der Waals surface area contributed by atoms with Gasteiger partial charge in [0.25, 0.3) is 0 Å². The van der Waals surface area contributed by atoms with Crippen molar-refractivity contribution in [3.63, 3.8) is 0 Å². The van der Waals surface area contributed by atoms with Crippen LogP contribution >= 0.6 is 11.8 Å². The number of aromatic nitrogens is 2. The van der Waals surface area contributed by atoms with Crippen LogP contribution in [0.1, 0.15) is 36.1 Å². The van der Waals surface area contributed by atoms with Gasteiger partial charge in [-0.1, -0.05) is 43.3 Å². The highest BCUT2D eigenvalue weighted by Gasteiger charge is 2.38. The number of fused-ring (bicyclic) bond motifs is 1. The molecule has 6 nitrogen and oxygen atoms in total. The third-order valence-corrected chi connectivity index (χ3v) is 8.20. The normalized spacial score (nSPS) is 18.8. The number of benzene rings is 2. The SMILES string of the molecule is CC1CCN(C(=O)CN2C(=O)CSC(c3ccc(F)cc3F)c3c(-c4ccccc4)nn(C)c32)CC1. The molecule has 0 saturated carbocycles. The van der Waals surface area contributed by atoms with E-state index >= 15 is 4.39 Å². The van der Waals surface area contributed by atoms with E-state index in [2.05, 4.69) is 6.92 Å². The van der Waals surface area contributed by atoms with Crippen LogP contribution < -0.4 is 4.90 Å². The molecule has 0 radical (unpaired) electrons. The van der Waals surface area contributed by atoms with E-state index in [-0.39, 0.29) is 29.7 Å². The fraction of sp³-hybridized carbons (Fsp3) is 0.370. The minimum atomic E-state index is -0.680. The van der Waals surface area contributed by atoms with Gasteiger partial charge in [-0.2, -0.15) is 5.10 Å². The van der Waals surface area contributed by atoms with Crippen molar-refractivity contribution in [2.75, 3.05) is 30.3 Å². The van der Waals surface area contributed by atoms with E-state index < -0.39 is 16.9 Å². The third kappa shape index (κ3) is 4.64. The Morgan fingerprint density at radius 3 is 2.53 bits per heavy atom. The van der Waals surface area contributed by atoms with Gasteiger partial charge in [-0.05, 0) is 24.8 Å². The third-order valence-electron chi connectivity index (χ3n) is 6.97. The van der Waals surface area contributed by atoms with Gasteiger partial charge in [-0.25, -0.2) is 8.78 Å². The molecule has 1 fully saturated rings. The van der Waals surface area contributed by atoms with Crippen LogP contribution in [-0.4, -0.2) is 51.9 Å². The Balaban J connectivity index is 1.61. The number of amides is 2. The molecule has 1 saturated heterocycles. The van der Waals surface area contributed by atoms with E-state index in [1.165, 1.54) is 28.8 Å². The Bertz CT molecular complexity index is 1290. The Hall–Kier alpha value is -3.20. The fourth-order valence-corrected chi connectivity index (χ4v) is 6.17. The summed E-state index contributed by atoms with van der Waals surface area (Å²) in [4.78, 5) is 30.0. The molecule has 2 amide bonds. The molecule has 3 aromatic rings. The van der Waals surface area contributed by atoms with E-state index in [0.29, 0.717) is 36.1 Å². The Labute approximate surface area is 213 Å². The number of carbonyl (C=O) groups is 2. The molecule has 188 valence electrons. The summed E-state index contributed by atoms with van der Waals surface area (Å²) in [6, 6.07) is 13.0. The van der Waals surface area contributed by atoms with Gasteiger partial charge in [-0.15, -0.1) is 11.8 Å². The zero-order valence-corrected chi connectivity index (χ0v) is 21.1. The number of likely N-dealkylation sites (tertiary alicyclic amines) is 1. The molecule has 0 N–H and O–H groups in total. The molecular formula is C27H28F2N4O2S. The van der Waals surface area contributed by atoms with Crippen molar-refractivity contribution in [2.45, 2.75) is 25.0 Å². The first-order chi connectivity index (χ1) is 17.3. The smallest absolute Gasteiger partial charge is 0.242 e. The summed E-state index contributed by atoms with van der Waals surface area (Å²) in [5.41, 5.74) is 2.34. The number of rotatable bonds is 4. The van der Waals surface area contributed by atoms with Crippen LogP contribution in [0.4, 0.5) is 14.6 Å². The average molecular weight is 511 g/mol. The maximum absolute atomic E-state index is 15.0. The highest BCUT2D eigenvalue weighted by molar-refractivity contribution is 8.00. The predicted molar refractivity (Wildman–Crippen MR) is 137 cm³/mol. The highest BCUT2D eigenvalue weighted by Crippen LogP contribution is 2.48. The van der Waals surface area contributed by atoms with E-state index in [0.717, 1.165) is 24.5 Å². The predicted octanol–water partition coefficient (Wildman–Crippen LogP) is 4.79. The summed E-state index contributed by atoms with van der Waals surface area (Å²) in [5.74, 6) is -0.600. The lowest BCUT2D eigenvalue weighted by molar-refractivity contribution is -0.132. The van der Waals surface area contributed by atoms with E-state index in [1.807, 2.05) is 35.2 Å². The molecule has 0 aliphatic carbocycles. The van der Waals surface area contributed by atoms with Crippen LogP contribution in [0.2, 0.25) is 0 Å². The quantitative estimate of drug-likeness (QED) is 0.506. The number of hydrogen-bond acceptors (Lipinski definition) is 4. The van der Waals surface area contributed by atoms with Gasteiger partial charge in [0.05, 0.1) is 16.7 Å². The maximum atomic E-state index is 15.0. The molecule has 2 aliphatic rings. The number of hydrogen-bond donors (Lipinski definition) is 0. The van der Waals surface area contributed by atoms with Crippen molar-refractivity contribution in [1.82, 2.24) is 14.7 Å². The summed E-state index contributed by atoms with van der Waals surface area (Å²) < 4.78 is 30.4. The number of nitrogens with zero attached hydrogens (tertiary/aromatic N) is 4. The van der Waals surface area contributed by atoms with Gasteiger partial charge in [-0.3, -0.25) is 19.2 Å². The van der Waals surface area contributed by atoms with Crippen LogP contribution in [0.25, 0.3) is 11.3 Å². The van der Waals surface area contributed by atoms with E-state index in [1.54, 1.807) is 11.7 Å². The zero-order chi connectivity index (χ0) is 25.4. The summed E-state index contributed by atoms with van der Waals surface area (Å²) >= 11 is 1.26. The zero-order valence-electron chi connectivity index (χ0n) is 20.3. The molecule has 2 aliphatic heterocycles. The van der Waals surface area contributed by atoms with Gasteiger partial charge in [0.1, 0.15) is 24.0 Å². The van der Waals surface area contributed by atoms with Crippen molar-refractivity contribution in [3.05, 3.63) is 71.3 Å². The summed E-state index contributed by atoms with van der Waals surface area (Å²) in [5, 5.41) is 4.12. The first kappa shape index (κ1) is 24.5. The molecule has 1 atom stereocenters. The number of thioether (sulfide) groups is 1. The summed E-state index contributed by atoms with van der Waals surface area (Å²) in [6.07, 6.45) is 1.88. The van der Waals surface area contributed by atoms with Gasteiger partial charge >= 0.3 is 0 Å². The molecule has 0 bridgehead atoms. The molecule has 2 aromatic carbocycles. The van der Waals surface area contributed by atoms with E-state index in [9.17, 15) is 14.0 Å². The standard InChI is InChI=1S/C27H28F2N4O2S/c1-17-10-12-32(13-11-17)22(34)15-33-23(35)16-36-26(20-9-8-19(28)14-21(20)29)24-25(30-31(2)27(24)33)18-6-4-3-5-7-18/h3-9,14,17,26H,10-13,15-16H2,1-2H3. The minimum absolute atomic E-state index is 0.0503. The number of anilines is 1. The number of piperidine rings is 1. The van der Waals surface area contributed by atoms with Crippen LogP contribution in [0.15, 0.2) is 48.5 Å². The van der Waals surface area contributed by atoms with Gasteiger partial charge < -0.3 is 4.90 Å². The first-order valence-electron chi connectivity index (χ1n) is 12.1. The highest BCUT2D eigenvalue weighted by atomic mass is 32.2. The topological polar surface area (TPSA) is 58.4 Å². The summed E-state index contributed by atoms with van der Waals surface area (Å²) in [7, 11) is 1.73. The van der Waals surface area contributed by atoms with Gasteiger partial charge in [0, 0.05) is 42.9 Å². The lowest BCUT2D eigenvalue weighted by Gasteiger charge is -2.32. The lowest BCUT2D eigenvalue weighted by Crippen LogP contribution is -2.46. The number of carbonyl (C=O) groups excluding carboxylic acids is 2. The van der Waals surface area contributed by atoms with Crippen LogP contribution in [-0.2, 0) is 16.6 Å². The monoisotopic (exact) mass is 510 g/mol. The Morgan fingerprint density at radius 1 is 1.11 bits per heavy atom. The molecule has 5 rings (SSSR count). The largest absolute Gasteiger partial charge is 0.341 e. The first-order valence-corrected chi connectivity index (χ1v) is 13.2. The Morgan fingerprint density at radius 2 is 1.83 bits per heavy atom. The molecular weight excluding hydrogens is 482 g/mol. The minimum Gasteiger partial charge on any atom is -0.341 e. The van der Waals surface area contributed by atoms with Crippen molar-refractivity contribution in [3.8, 4) is 11.3 Å². The van der Waals surface area contributed by atoms with Crippen molar-refractivity contribution in [1.29, 1.82) is 0 Å².